The number of hydrogen-bond acceptors (Lipinski definition) is 7. The van der Waals surface area contributed by atoms with Crippen molar-refractivity contribution in [3.8, 4) is 11.4 Å². The minimum atomic E-state index is -0.260. The number of rotatable bonds is 5. The Morgan fingerprint density at radius 2 is 1.91 bits per heavy atom. The molecule has 0 saturated carbocycles. The standard InChI is InChI=1S/C26H31FN6OS/c1-31(2)18-5-7-32(8-6-18)16-19-14-23-24(35-19)26(33-9-11-34-12-10-33)30-25(29-23)21-15-28-22-4-3-17(27)13-20(21)22/h3-4,13-15,18,28H,5-12,16H2,1-2H3. The number of nitrogens with zero attached hydrogens (tertiary/aromatic N) is 5. The number of ether oxygens (including phenoxy) is 1. The van der Waals surface area contributed by atoms with E-state index in [1.807, 2.05) is 6.20 Å². The van der Waals surface area contributed by atoms with Gasteiger partial charge < -0.3 is 19.5 Å². The molecule has 1 N–H and O–H groups in total. The molecule has 0 radical (unpaired) electrons. The molecule has 1 aromatic carbocycles. The molecule has 0 bridgehead atoms. The Labute approximate surface area is 208 Å². The maximum absolute atomic E-state index is 14.0. The van der Waals surface area contributed by atoms with Gasteiger partial charge in [0, 0.05) is 66.3 Å². The topological polar surface area (TPSA) is 60.5 Å². The minimum Gasteiger partial charge on any atom is -0.378 e. The van der Waals surface area contributed by atoms with Gasteiger partial charge in [-0.15, -0.1) is 11.3 Å². The number of likely N-dealkylation sites (tertiary alicyclic amines) is 1. The van der Waals surface area contributed by atoms with E-state index in [1.54, 1.807) is 23.5 Å². The second-order valence-electron chi connectivity index (χ2n) is 9.76. The van der Waals surface area contributed by atoms with E-state index in [-0.39, 0.29) is 5.82 Å². The van der Waals surface area contributed by atoms with Crippen LogP contribution in [0.5, 0.6) is 0 Å². The lowest BCUT2D eigenvalue weighted by molar-refractivity contribution is 0.122. The van der Waals surface area contributed by atoms with Crippen molar-refractivity contribution in [2.24, 2.45) is 0 Å². The molecule has 184 valence electrons. The van der Waals surface area contributed by atoms with Crippen LogP contribution in [0.15, 0.2) is 30.5 Å². The quantitative estimate of drug-likeness (QED) is 0.445. The van der Waals surface area contributed by atoms with Crippen molar-refractivity contribution in [1.82, 2.24) is 24.8 Å². The molecule has 0 aliphatic carbocycles. The predicted octanol–water partition coefficient (Wildman–Crippen LogP) is 4.34. The van der Waals surface area contributed by atoms with E-state index in [9.17, 15) is 4.39 Å². The molecular formula is C26H31FN6OS. The number of hydrogen-bond donors (Lipinski definition) is 1. The number of anilines is 1. The average Bonchev–Trinajstić information content (AvgIpc) is 3.47. The Bertz CT molecular complexity index is 1340. The molecule has 0 spiro atoms. The molecule has 0 amide bonds. The fourth-order valence-corrected chi connectivity index (χ4v) is 6.40. The number of aromatic amines is 1. The summed E-state index contributed by atoms with van der Waals surface area (Å²) in [5.74, 6) is 1.33. The SMILES string of the molecule is CN(C)C1CCN(Cc2cc3nc(-c4c[nH]c5ccc(F)cc45)nc(N4CCOCC4)c3s2)CC1. The Morgan fingerprint density at radius 3 is 2.69 bits per heavy atom. The summed E-state index contributed by atoms with van der Waals surface area (Å²) in [6, 6.07) is 7.69. The van der Waals surface area contributed by atoms with Crippen molar-refractivity contribution >= 4 is 38.3 Å². The molecule has 5 heterocycles. The largest absolute Gasteiger partial charge is 0.378 e. The molecule has 9 heteroatoms. The van der Waals surface area contributed by atoms with E-state index in [0.717, 1.165) is 65.2 Å². The molecule has 4 aromatic rings. The third-order valence-corrected chi connectivity index (χ3v) is 8.37. The number of piperidine rings is 1. The summed E-state index contributed by atoms with van der Waals surface area (Å²) < 4.78 is 20.8. The zero-order chi connectivity index (χ0) is 23.9. The summed E-state index contributed by atoms with van der Waals surface area (Å²) in [6.07, 6.45) is 4.30. The van der Waals surface area contributed by atoms with Crippen molar-refractivity contribution in [3.63, 3.8) is 0 Å². The highest BCUT2D eigenvalue weighted by molar-refractivity contribution is 7.19. The van der Waals surface area contributed by atoms with Crippen LogP contribution in [0.1, 0.15) is 17.7 Å². The van der Waals surface area contributed by atoms with Gasteiger partial charge in [0.2, 0.25) is 0 Å². The first kappa shape index (κ1) is 22.8. The number of H-pyrrole nitrogens is 1. The fourth-order valence-electron chi connectivity index (χ4n) is 5.24. The number of halogens is 1. The third-order valence-electron chi connectivity index (χ3n) is 7.27. The Kier molecular flexibility index (Phi) is 6.18. The van der Waals surface area contributed by atoms with E-state index in [4.69, 9.17) is 14.7 Å². The third kappa shape index (κ3) is 4.53. The van der Waals surface area contributed by atoms with E-state index >= 15 is 0 Å². The first-order chi connectivity index (χ1) is 17.0. The summed E-state index contributed by atoms with van der Waals surface area (Å²) in [4.78, 5) is 21.8. The molecule has 0 atom stereocenters. The number of benzene rings is 1. The zero-order valence-electron chi connectivity index (χ0n) is 20.3. The van der Waals surface area contributed by atoms with Crippen molar-refractivity contribution in [2.45, 2.75) is 25.4 Å². The summed E-state index contributed by atoms with van der Waals surface area (Å²) in [7, 11) is 4.36. The maximum Gasteiger partial charge on any atom is 0.164 e. The van der Waals surface area contributed by atoms with Gasteiger partial charge in [-0.1, -0.05) is 0 Å². The van der Waals surface area contributed by atoms with E-state index in [1.165, 1.54) is 23.8 Å². The molecule has 2 saturated heterocycles. The number of fused-ring (bicyclic) bond motifs is 2. The Morgan fingerprint density at radius 1 is 1.11 bits per heavy atom. The summed E-state index contributed by atoms with van der Waals surface area (Å²) >= 11 is 1.80. The van der Waals surface area contributed by atoms with Crippen molar-refractivity contribution in [3.05, 3.63) is 41.2 Å². The van der Waals surface area contributed by atoms with Crippen LogP contribution in [0, 0.1) is 5.82 Å². The van der Waals surface area contributed by atoms with Gasteiger partial charge in [-0.25, -0.2) is 14.4 Å². The van der Waals surface area contributed by atoms with Crippen LogP contribution in [-0.4, -0.2) is 84.3 Å². The van der Waals surface area contributed by atoms with E-state index in [2.05, 4.69) is 39.8 Å². The molecule has 35 heavy (non-hydrogen) atoms. The van der Waals surface area contributed by atoms with Gasteiger partial charge in [0.05, 0.1) is 23.4 Å². The molecule has 2 aliphatic heterocycles. The zero-order valence-corrected chi connectivity index (χ0v) is 21.1. The van der Waals surface area contributed by atoms with Gasteiger partial charge in [-0.3, -0.25) is 4.90 Å². The van der Waals surface area contributed by atoms with Gasteiger partial charge in [0.25, 0.3) is 0 Å². The molecule has 7 nitrogen and oxygen atoms in total. The second kappa shape index (κ2) is 9.46. The van der Waals surface area contributed by atoms with Crippen LogP contribution in [0.4, 0.5) is 10.2 Å². The highest BCUT2D eigenvalue weighted by Gasteiger charge is 2.24. The van der Waals surface area contributed by atoms with Crippen LogP contribution >= 0.6 is 11.3 Å². The molecule has 6 rings (SSSR count). The van der Waals surface area contributed by atoms with Crippen LogP contribution < -0.4 is 4.90 Å². The first-order valence-electron chi connectivity index (χ1n) is 12.3. The second-order valence-corrected chi connectivity index (χ2v) is 10.9. The van der Waals surface area contributed by atoms with Crippen LogP contribution in [0.3, 0.4) is 0 Å². The van der Waals surface area contributed by atoms with Gasteiger partial charge in [0.15, 0.2) is 11.6 Å². The Balaban J connectivity index is 1.37. The van der Waals surface area contributed by atoms with Crippen LogP contribution in [0.2, 0.25) is 0 Å². The predicted molar refractivity (Wildman–Crippen MR) is 140 cm³/mol. The molecule has 3 aromatic heterocycles. The number of morpholine rings is 1. The van der Waals surface area contributed by atoms with Crippen molar-refractivity contribution in [2.75, 3.05) is 58.4 Å². The minimum absolute atomic E-state index is 0.260. The maximum atomic E-state index is 14.0. The number of thiophene rings is 1. The molecule has 0 unspecified atom stereocenters. The van der Waals surface area contributed by atoms with Gasteiger partial charge in [-0.2, -0.15) is 0 Å². The lowest BCUT2D eigenvalue weighted by Gasteiger charge is -2.34. The van der Waals surface area contributed by atoms with E-state index < -0.39 is 0 Å². The average molecular weight is 495 g/mol. The number of aromatic nitrogens is 3. The summed E-state index contributed by atoms with van der Waals surface area (Å²) in [5, 5.41) is 0.802. The van der Waals surface area contributed by atoms with Crippen LogP contribution in [-0.2, 0) is 11.3 Å². The Hall–Kier alpha value is -2.59. The molecule has 2 fully saturated rings. The normalized spacial score (nSPS) is 18.3. The van der Waals surface area contributed by atoms with Gasteiger partial charge in [-0.05, 0) is 51.2 Å². The summed E-state index contributed by atoms with van der Waals surface area (Å²) in [6.45, 7) is 6.17. The van der Waals surface area contributed by atoms with Gasteiger partial charge in [0.1, 0.15) is 5.82 Å². The highest BCUT2D eigenvalue weighted by Crippen LogP contribution is 2.37. The monoisotopic (exact) mass is 494 g/mol. The van der Waals surface area contributed by atoms with Crippen molar-refractivity contribution in [1.29, 1.82) is 0 Å². The lowest BCUT2D eigenvalue weighted by atomic mass is 10.0. The fraction of sp³-hybridized carbons (Fsp3) is 0.462. The summed E-state index contributed by atoms with van der Waals surface area (Å²) in [5.41, 5.74) is 2.67. The molecular weight excluding hydrogens is 463 g/mol. The van der Waals surface area contributed by atoms with Crippen molar-refractivity contribution < 1.29 is 9.13 Å². The highest BCUT2D eigenvalue weighted by atomic mass is 32.1. The van der Waals surface area contributed by atoms with E-state index in [0.29, 0.717) is 25.1 Å². The smallest absolute Gasteiger partial charge is 0.164 e. The van der Waals surface area contributed by atoms with Gasteiger partial charge >= 0.3 is 0 Å². The van der Waals surface area contributed by atoms with Crippen LogP contribution in [0.25, 0.3) is 32.5 Å². The molecule has 2 aliphatic rings. The lowest BCUT2D eigenvalue weighted by Crippen LogP contribution is -2.41. The number of nitrogens with one attached hydrogen (secondary N) is 1. The first-order valence-corrected chi connectivity index (χ1v) is 13.2.